The van der Waals surface area contributed by atoms with Gasteiger partial charge >= 0.3 is 6.09 Å². The third-order valence-electron chi connectivity index (χ3n) is 8.10. The molecular weight excluding hydrogens is 530 g/mol. The number of hydrogen-bond acceptors (Lipinski definition) is 7. The van der Waals surface area contributed by atoms with E-state index in [2.05, 4.69) is 30.2 Å². The normalized spacial score (nSPS) is 19.2. The number of hydrogen-bond donors (Lipinski definition) is 2. The third-order valence-corrected chi connectivity index (χ3v) is 8.10. The Labute approximate surface area is 236 Å². The molecule has 2 N–H and O–H groups in total. The quantitative estimate of drug-likeness (QED) is 0.323. The van der Waals surface area contributed by atoms with E-state index in [1.807, 2.05) is 25.3 Å². The van der Waals surface area contributed by atoms with Crippen molar-refractivity contribution in [1.29, 1.82) is 0 Å². The zero-order chi connectivity index (χ0) is 28.8. The largest absolute Gasteiger partial charge is 0.465 e. The Bertz CT molecular complexity index is 1610. The molecule has 0 saturated carbocycles. The SMILES string of the molecule is Cc1nc2c(F)cc(-c3cc(Nc4ncc(CN5CCC[C@H]6CN(C(=O)O)C[C@H]65)cn4)ncc3F)cc2n1C(C)C. The molecule has 2 aliphatic rings. The summed E-state index contributed by atoms with van der Waals surface area (Å²) in [7, 11) is 0. The maximum absolute atomic E-state index is 15.0. The van der Waals surface area contributed by atoms with Crippen LogP contribution in [0.15, 0.2) is 36.8 Å². The monoisotopic (exact) mass is 562 g/mol. The highest BCUT2D eigenvalue weighted by atomic mass is 19.1. The predicted octanol–water partition coefficient (Wildman–Crippen LogP) is 5.37. The number of anilines is 2. The van der Waals surface area contributed by atoms with Gasteiger partial charge in [0.15, 0.2) is 5.82 Å². The van der Waals surface area contributed by atoms with Gasteiger partial charge in [-0.3, -0.25) is 4.90 Å². The zero-order valence-electron chi connectivity index (χ0n) is 23.2. The van der Waals surface area contributed by atoms with E-state index in [1.165, 1.54) is 17.0 Å². The second-order valence-electron chi connectivity index (χ2n) is 11.2. The molecule has 2 fully saturated rings. The van der Waals surface area contributed by atoms with Crippen molar-refractivity contribution in [3.05, 3.63) is 59.8 Å². The van der Waals surface area contributed by atoms with Gasteiger partial charge in [-0.05, 0) is 69.8 Å². The Balaban J connectivity index is 1.19. The van der Waals surface area contributed by atoms with Crippen LogP contribution in [-0.4, -0.2) is 71.2 Å². The minimum absolute atomic E-state index is 0.0585. The average Bonchev–Trinajstić information content (AvgIpc) is 3.53. The number of rotatable bonds is 6. The molecule has 2 saturated heterocycles. The predicted molar refractivity (Wildman–Crippen MR) is 150 cm³/mol. The number of pyridine rings is 1. The summed E-state index contributed by atoms with van der Waals surface area (Å²) < 4.78 is 31.9. The number of amides is 1. The average molecular weight is 563 g/mol. The molecule has 6 rings (SSSR count). The molecule has 3 aromatic heterocycles. The first-order valence-corrected chi connectivity index (χ1v) is 13.8. The number of piperidine rings is 1. The summed E-state index contributed by atoms with van der Waals surface area (Å²) >= 11 is 0. The van der Waals surface area contributed by atoms with Crippen LogP contribution in [0.5, 0.6) is 0 Å². The topological polar surface area (TPSA) is 112 Å². The first-order chi connectivity index (χ1) is 19.7. The molecule has 0 radical (unpaired) electrons. The number of fused-ring (bicyclic) bond motifs is 2. The third kappa shape index (κ3) is 5.19. The van der Waals surface area contributed by atoms with E-state index in [4.69, 9.17) is 0 Å². The molecule has 2 aliphatic heterocycles. The van der Waals surface area contributed by atoms with Crippen molar-refractivity contribution in [3.8, 4) is 11.1 Å². The second kappa shape index (κ2) is 10.7. The maximum atomic E-state index is 15.0. The lowest BCUT2D eigenvalue weighted by atomic mass is 9.92. The van der Waals surface area contributed by atoms with Gasteiger partial charge in [0.2, 0.25) is 5.95 Å². The fourth-order valence-corrected chi connectivity index (χ4v) is 6.28. The molecule has 2 atom stereocenters. The highest BCUT2D eigenvalue weighted by Gasteiger charge is 2.40. The minimum Gasteiger partial charge on any atom is -0.465 e. The molecule has 0 aliphatic carbocycles. The molecule has 0 spiro atoms. The number of nitrogens with one attached hydrogen (secondary N) is 1. The van der Waals surface area contributed by atoms with Crippen LogP contribution >= 0.6 is 0 Å². The van der Waals surface area contributed by atoms with Crippen molar-refractivity contribution in [3.63, 3.8) is 0 Å². The van der Waals surface area contributed by atoms with Crippen LogP contribution in [-0.2, 0) is 6.54 Å². The Morgan fingerprint density at radius 1 is 1.10 bits per heavy atom. The summed E-state index contributed by atoms with van der Waals surface area (Å²) in [5.41, 5.74) is 2.35. The summed E-state index contributed by atoms with van der Waals surface area (Å²) in [5.74, 6) is 0.564. The van der Waals surface area contributed by atoms with E-state index in [9.17, 15) is 14.3 Å². The van der Waals surface area contributed by atoms with E-state index in [-0.39, 0.29) is 23.2 Å². The lowest BCUT2D eigenvalue weighted by Gasteiger charge is -2.36. The lowest BCUT2D eigenvalue weighted by Crippen LogP contribution is -2.44. The van der Waals surface area contributed by atoms with Gasteiger partial charge < -0.3 is 19.9 Å². The van der Waals surface area contributed by atoms with Gasteiger partial charge in [0.25, 0.3) is 0 Å². The minimum atomic E-state index is -0.862. The van der Waals surface area contributed by atoms with E-state index in [0.717, 1.165) is 31.1 Å². The van der Waals surface area contributed by atoms with Crippen molar-refractivity contribution in [1.82, 2.24) is 34.3 Å². The Kier molecular flexibility index (Phi) is 7.02. The van der Waals surface area contributed by atoms with Crippen LogP contribution in [0, 0.1) is 24.5 Å². The van der Waals surface area contributed by atoms with Gasteiger partial charge in [-0.25, -0.2) is 33.5 Å². The molecule has 41 heavy (non-hydrogen) atoms. The summed E-state index contributed by atoms with van der Waals surface area (Å²) in [4.78, 5) is 32.6. The van der Waals surface area contributed by atoms with Gasteiger partial charge in [0.1, 0.15) is 23.0 Å². The molecule has 0 unspecified atom stereocenters. The van der Waals surface area contributed by atoms with Gasteiger partial charge in [-0.15, -0.1) is 0 Å². The molecule has 10 nitrogen and oxygen atoms in total. The lowest BCUT2D eigenvalue weighted by molar-refractivity contribution is 0.114. The molecule has 4 aromatic rings. The first-order valence-electron chi connectivity index (χ1n) is 13.8. The fraction of sp³-hybridized carbons (Fsp3) is 0.414. The van der Waals surface area contributed by atoms with E-state index in [0.29, 0.717) is 54.2 Å². The first kappa shape index (κ1) is 27.0. The number of carboxylic acid groups (broad SMARTS) is 1. The van der Waals surface area contributed by atoms with Crippen molar-refractivity contribution >= 4 is 28.9 Å². The van der Waals surface area contributed by atoms with Crippen LogP contribution < -0.4 is 5.32 Å². The number of benzene rings is 1. The number of likely N-dealkylation sites (tertiary alicyclic amines) is 2. The number of carbonyl (C=O) groups is 1. The van der Waals surface area contributed by atoms with Crippen molar-refractivity contribution < 1.29 is 18.7 Å². The van der Waals surface area contributed by atoms with Crippen molar-refractivity contribution in [2.75, 3.05) is 25.0 Å². The number of halogens is 2. The number of imidazole rings is 1. The maximum Gasteiger partial charge on any atom is 0.407 e. The van der Waals surface area contributed by atoms with Gasteiger partial charge in [0, 0.05) is 55.2 Å². The van der Waals surface area contributed by atoms with E-state index < -0.39 is 17.7 Å². The smallest absolute Gasteiger partial charge is 0.407 e. The molecule has 1 aromatic carbocycles. The van der Waals surface area contributed by atoms with Crippen molar-refractivity contribution in [2.45, 2.75) is 52.2 Å². The summed E-state index contributed by atoms with van der Waals surface area (Å²) in [6, 6.07) is 4.81. The Morgan fingerprint density at radius 2 is 1.88 bits per heavy atom. The number of nitrogens with zero attached hydrogens (tertiary/aromatic N) is 7. The van der Waals surface area contributed by atoms with Crippen LogP contribution in [0.2, 0.25) is 0 Å². The van der Waals surface area contributed by atoms with Crippen LogP contribution in [0.1, 0.15) is 44.1 Å². The molecule has 0 bridgehead atoms. The summed E-state index contributed by atoms with van der Waals surface area (Å²) in [6.45, 7) is 8.45. The summed E-state index contributed by atoms with van der Waals surface area (Å²) in [5, 5.41) is 12.4. The fourth-order valence-electron chi connectivity index (χ4n) is 6.28. The summed E-state index contributed by atoms with van der Waals surface area (Å²) in [6.07, 6.45) is 5.76. The zero-order valence-corrected chi connectivity index (χ0v) is 23.2. The Hall–Kier alpha value is -4.19. The number of aryl methyl sites for hydroxylation is 1. The standard InChI is InChI=1S/C29H32F2N8O2/c1-16(2)39-17(3)35-27-22(30)7-20(8-24(27)39)21-9-26(32-12-23(21)31)36-28-33-10-18(11-34-28)13-37-6-4-5-19-14-38(29(40)41)15-25(19)37/h7-12,16,19,25H,4-6,13-15H2,1-3H3,(H,40,41)(H,32,33,34,36)/t19-,25+/m0/s1. The Morgan fingerprint density at radius 3 is 2.61 bits per heavy atom. The van der Waals surface area contributed by atoms with E-state index in [1.54, 1.807) is 18.5 Å². The van der Waals surface area contributed by atoms with Gasteiger partial charge in [-0.2, -0.15) is 0 Å². The van der Waals surface area contributed by atoms with Crippen molar-refractivity contribution in [2.24, 2.45) is 5.92 Å². The molecule has 12 heteroatoms. The van der Waals surface area contributed by atoms with E-state index >= 15 is 4.39 Å². The number of aromatic nitrogens is 5. The molecule has 1 amide bonds. The molecule has 5 heterocycles. The molecular formula is C29H32F2N8O2. The second-order valence-corrected chi connectivity index (χ2v) is 11.2. The van der Waals surface area contributed by atoms with Crippen LogP contribution in [0.3, 0.4) is 0 Å². The highest BCUT2D eigenvalue weighted by molar-refractivity contribution is 5.84. The van der Waals surface area contributed by atoms with Gasteiger partial charge in [0.05, 0.1) is 11.7 Å². The highest BCUT2D eigenvalue weighted by Crippen LogP contribution is 2.33. The molecule has 214 valence electrons. The van der Waals surface area contributed by atoms with Crippen LogP contribution in [0.4, 0.5) is 25.3 Å². The van der Waals surface area contributed by atoms with Crippen LogP contribution in [0.25, 0.3) is 22.2 Å². The van der Waals surface area contributed by atoms with Gasteiger partial charge in [-0.1, -0.05) is 0 Å².